The molecule has 0 heterocycles. The van der Waals surface area contributed by atoms with E-state index in [2.05, 4.69) is 0 Å². The summed E-state index contributed by atoms with van der Waals surface area (Å²) >= 11 is 5.41. The number of rotatable bonds is 11. The van der Waals surface area contributed by atoms with E-state index in [1.54, 1.807) is 28.0 Å². The molecule has 1 aromatic rings. The number of methoxy groups -OCH3 is 1. The number of aliphatic carboxylic acids is 1. The first kappa shape index (κ1) is 22.1. The van der Waals surface area contributed by atoms with E-state index in [9.17, 15) is 14.7 Å². The van der Waals surface area contributed by atoms with Crippen molar-refractivity contribution in [2.24, 2.45) is 5.92 Å². The molecule has 0 aromatic heterocycles. The number of hydrogen-bond acceptors (Lipinski definition) is 4. The highest BCUT2D eigenvalue weighted by Gasteiger charge is 2.28. The first-order valence-electron chi connectivity index (χ1n) is 8.89. The minimum Gasteiger partial charge on any atom is -0.497 e. The molecule has 0 fully saturated rings. The van der Waals surface area contributed by atoms with E-state index in [-0.39, 0.29) is 11.8 Å². The Morgan fingerprint density at radius 2 is 1.77 bits per heavy atom. The first-order chi connectivity index (χ1) is 12.3. The van der Waals surface area contributed by atoms with Crippen molar-refractivity contribution < 1.29 is 19.4 Å². The lowest BCUT2D eigenvalue weighted by Gasteiger charge is -2.27. The van der Waals surface area contributed by atoms with Gasteiger partial charge in [0.1, 0.15) is 11.8 Å². The van der Waals surface area contributed by atoms with Crippen LogP contribution >= 0.6 is 12.2 Å². The molecule has 0 saturated carbocycles. The second-order valence-corrected chi connectivity index (χ2v) is 7.35. The number of nitrogens with zero attached hydrogens (tertiary/aromatic N) is 1. The van der Waals surface area contributed by atoms with E-state index in [1.807, 2.05) is 24.3 Å². The van der Waals surface area contributed by atoms with E-state index in [0.717, 1.165) is 23.5 Å². The third kappa shape index (κ3) is 7.12. The molecule has 0 saturated heterocycles. The van der Waals surface area contributed by atoms with E-state index in [1.165, 1.54) is 10.5 Å². The van der Waals surface area contributed by atoms with Crippen LogP contribution in [0.15, 0.2) is 24.3 Å². The molecule has 1 aromatic carbocycles. The fraction of sp³-hybridized carbons (Fsp3) is 0.550. The number of ether oxygens (including phenoxy) is 1. The Kier molecular flexibility index (Phi) is 9.27. The van der Waals surface area contributed by atoms with Crippen LogP contribution < -0.4 is 4.74 Å². The molecule has 0 unspecified atom stereocenters. The fourth-order valence-corrected chi connectivity index (χ4v) is 3.11. The smallest absolute Gasteiger partial charge is 0.326 e. The van der Waals surface area contributed by atoms with Crippen LogP contribution in [0.25, 0.3) is 0 Å². The van der Waals surface area contributed by atoms with Crippen molar-refractivity contribution in [3.63, 3.8) is 0 Å². The summed E-state index contributed by atoms with van der Waals surface area (Å²) in [5.41, 5.74) is 1.20. The van der Waals surface area contributed by atoms with Gasteiger partial charge in [0.2, 0.25) is 5.91 Å². The van der Waals surface area contributed by atoms with Gasteiger partial charge in [-0.3, -0.25) is 4.79 Å². The summed E-state index contributed by atoms with van der Waals surface area (Å²) in [5.74, 6) is -0.415. The van der Waals surface area contributed by atoms with Crippen LogP contribution in [-0.4, -0.2) is 46.9 Å². The second-order valence-electron chi connectivity index (χ2n) is 6.77. The predicted molar refractivity (Wildman–Crippen MR) is 107 cm³/mol. The van der Waals surface area contributed by atoms with Crippen LogP contribution in [-0.2, 0) is 16.0 Å². The maximum atomic E-state index is 12.2. The molecule has 0 bridgehead atoms. The van der Waals surface area contributed by atoms with Gasteiger partial charge in [0.15, 0.2) is 0 Å². The summed E-state index contributed by atoms with van der Waals surface area (Å²) in [6.07, 6.45) is 3.33. The SMILES string of the molecule is COc1ccc(CCC(=S)CCCC(=O)N(C)[C@H](C(=O)O)C(C)C)cc1. The molecule has 6 heteroatoms. The number of carboxylic acids is 1. The van der Waals surface area contributed by atoms with Gasteiger partial charge in [0.05, 0.1) is 7.11 Å². The van der Waals surface area contributed by atoms with E-state index in [4.69, 9.17) is 17.0 Å². The van der Waals surface area contributed by atoms with Crippen LogP contribution in [0.3, 0.4) is 0 Å². The normalized spacial score (nSPS) is 11.9. The van der Waals surface area contributed by atoms with Crippen molar-refractivity contribution in [3.8, 4) is 5.75 Å². The maximum absolute atomic E-state index is 12.2. The highest BCUT2D eigenvalue weighted by molar-refractivity contribution is 7.80. The average molecular weight is 380 g/mol. The number of carbonyl (C=O) groups is 2. The summed E-state index contributed by atoms with van der Waals surface area (Å²) in [4.78, 5) is 25.8. The zero-order valence-corrected chi connectivity index (χ0v) is 16.8. The lowest BCUT2D eigenvalue weighted by atomic mass is 10.0. The number of thiocarbonyl (C=S) groups is 1. The standard InChI is InChI=1S/C20H29NO4S/c1-14(2)19(20(23)24)21(3)18(22)7-5-6-17(26)13-10-15-8-11-16(25-4)12-9-15/h8-9,11-12,14,19H,5-7,10,13H2,1-4H3,(H,23,24)/t19-/m0/s1. The summed E-state index contributed by atoms with van der Waals surface area (Å²) in [6, 6.07) is 7.13. The Labute approximate surface area is 161 Å². The third-order valence-electron chi connectivity index (χ3n) is 4.39. The summed E-state index contributed by atoms with van der Waals surface area (Å²) in [6.45, 7) is 3.60. The van der Waals surface area contributed by atoms with E-state index < -0.39 is 12.0 Å². The average Bonchev–Trinajstić information content (AvgIpc) is 2.59. The van der Waals surface area contributed by atoms with Crippen molar-refractivity contribution in [1.29, 1.82) is 0 Å². The van der Waals surface area contributed by atoms with Crippen LogP contribution in [0.2, 0.25) is 0 Å². The van der Waals surface area contributed by atoms with Crippen molar-refractivity contribution in [3.05, 3.63) is 29.8 Å². The van der Waals surface area contributed by atoms with Gasteiger partial charge in [-0.05, 0) is 54.2 Å². The van der Waals surface area contributed by atoms with Crippen LogP contribution in [0.5, 0.6) is 5.75 Å². The molecule has 0 radical (unpaired) electrons. The molecule has 0 aliphatic carbocycles. The summed E-state index contributed by atoms with van der Waals surface area (Å²) in [7, 11) is 3.20. The molecule has 1 rings (SSSR count). The first-order valence-corrected chi connectivity index (χ1v) is 9.30. The van der Waals surface area contributed by atoms with Gasteiger partial charge in [-0.2, -0.15) is 0 Å². The highest BCUT2D eigenvalue weighted by atomic mass is 32.1. The molecule has 0 aliphatic rings. The van der Waals surface area contributed by atoms with Crippen molar-refractivity contribution in [2.75, 3.05) is 14.2 Å². The summed E-state index contributed by atoms with van der Waals surface area (Å²) in [5, 5.41) is 9.27. The molecule has 0 aliphatic heterocycles. The lowest BCUT2D eigenvalue weighted by molar-refractivity contribution is -0.151. The topological polar surface area (TPSA) is 66.8 Å². The van der Waals surface area contributed by atoms with Gasteiger partial charge in [0.25, 0.3) is 0 Å². The highest BCUT2D eigenvalue weighted by Crippen LogP contribution is 2.15. The van der Waals surface area contributed by atoms with Gasteiger partial charge in [-0.25, -0.2) is 4.79 Å². The quantitative estimate of drug-likeness (QED) is 0.593. The van der Waals surface area contributed by atoms with Crippen molar-refractivity contribution in [1.82, 2.24) is 4.90 Å². The van der Waals surface area contributed by atoms with Gasteiger partial charge < -0.3 is 14.7 Å². The largest absolute Gasteiger partial charge is 0.497 e. The Bertz CT molecular complexity index is 613. The van der Waals surface area contributed by atoms with E-state index >= 15 is 0 Å². The number of benzene rings is 1. The minimum atomic E-state index is -0.967. The molecular weight excluding hydrogens is 350 g/mol. The molecule has 5 nitrogen and oxygen atoms in total. The molecule has 26 heavy (non-hydrogen) atoms. The maximum Gasteiger partial charge on any atom is 0.326 e. The lowest BCUT2D eigenvalue weighted by Crippen LogP contribution is -2.45. The molecule has 144 valence electrons. The number of carboxylic acid groups (broad SMARTS) is 1. The minimum absolute atomic E-state index is 0.132. The number of carbonyl (C=O) groups excluding carboxylic acids is 1. The monoisotopic (exact) mass is 379 g/mol. The molecule has 1 atom stereocenters. The Morgan fingerprint density at radius 1 is 1.15 bits per heavy atom. The van der Waals surface area contributed by atoms with Crippen LogP contribution in [0, 0.1) is 5.92 Å². The van der Waals surface area contributed by atoms with Crippen molar-refractivity contribution in [2.45, 2.75) is 52.0 Å². The second kappa shape index (κ2) is 10.9. The molecular formula is C20H29NO4S. The van der Waals surface area contributed by atoms with Gasteiger partial charge >= 0.3 is 5.97 Å². The third-order valence-corrected chi connectivity index (χ3v) is 4.80. The summed E-state index contributed by atoms with van der Waals surface area (Å²) < 4.78 is 5.14. The number of aryl methyl sites for hydroxylation is 1. The zero-order valence-electron chi connectivity index (χ0n) is 16.0. The molecule has 0 spiro atoms. The predicted octanol–water partition coefficient (Wildman–Crippen LogP) is 3.74. The van der Waals surface area contributed by atoms with Gasteiger partial charge in [-0.15, -0.1) is 0 Å². The zero-order chi connectivity index (χ0) is 19.7. The Balaban J connectivity index is 2.35. The Morgan fingerprint density at radius 3 is 2.27 bits per heavy atom. The van der Waals surface area contributed by atoms with Crippen LogP contribution in [0.4, 0.5) is 0 Å². The fourth-order valence-electron chi connectivity index (χ4n) is 2.87. The van der Waals surface area contributed by atoms with Gasteiger partial charge in [0, 0.05) is 13.5 Å². The van der Waals surface area contributed by atoms with Gasteiger partial charge in [-0.1, -0.05) is 38.2 Å². The number of amides is 1. The molecule has 1 N–H and O–H groups in total. The van der Waals surface area contributed by atoms with Crippen LogP contribution in [0.1, 0.15) is 45.1 Å². The van der Waals surface area contributed by atoms with Crippen molar-refractivity contribution >= 4 is 29.0 Å². The Hall–Kier alpha value is -1.95. The number of hydrogen-bond donors (Lipinski definition) is 1. The number of likely N-dealkylation sites (N-methyl/N-ethyl adjacent to an activating group) is 1. The van der Waals surface area contributed by atoms with E-state index in [0.29, 0.717) is 19.3 Å². The molecule has 1 amide bonds.